The van der Waals surface area contributed by atoms with E-state index in [0.717, 1.165) is 17.5 Å². The summed E-state index contributed by atoms with van der Waals surface area (Å²) < 4.78 is 27.4. The highest BCUT2D eigenvalue weighted by Gasteiger charge is 2.17. The fourth-order valence-corrected chi connectivity index (χ4v) is 4.16. The van der Waals surface area contributed by atoms with Crippen molar-refractivity contribution in [2.75, 3.05) is 13.6 Å². The molecule has 27 heavy (non-hydrogen) atoms. The van der Waals surface area contributed by atoms with Gasteiger partial charge in [-0.2, -0.15) is 0 Å². The zero-order valence-electron chi connectivity index (χ0n) is 16.5. The molecule has 0 spiro atoms. The largest absolute Gasteiger partial charge is 0.341 e. The summed E-state index contributed by atoms with van der Waals surface area (Å²) in [6.45, 7) is 6.37. The molecule has 0 radical (unpaired) electrons. The number of nitrogens with zero attached hydrogens (tertiary/aromatic N) is 1. The van der Waals surface area contributed by atoms with Crippen molar-refractivity contribution in [2.24, 2.45) is 0 Å². The Morgan fingerprint density at radius 2 is 1.67 bits per heavy atom. The summed E-state index contributed by atoms with van der Waals surface area (Å²) in [5.74, 6) is -0.0992. The lowest BCUT2D eigenvalue weighted by Gasteiger charge is -2.18. The normalized spacial score (nSPS) is 11.4. The fourth-order valence-electron chi connectivity index (χ4n) is 2.90. The van der Waals surface area contributed by atoms with Crippen molar-refractivity contribution in [1.82, 2.24) is 9.62 Å². The summed E-state index contributed by atoms with van der Waals surface area (Å²) in [4.78, 5) is 14.2. The number of hydrogen-bond acceptors (Lipinski definition) is 3. The van der Waals surface area contributed by atoms with Crippen LogP contribution >= 0.6 is 0 Å². The third kappa shape index (κ3) is 5.91. The summed E-state index contributed by atoms with van der Waals surface area (Å²) in [6.07, 6.45) is 1.10. The Morgan fingerprint density at radius 1 is 1.04 bits per heavy atom. The summed E-state index contributed by atoms with van der Waals surface area (Å²) >= 11 is 0. The van der Waals surface area contributed by atoms with Crippen molar-refractivity contribution in [3.05, 3.63) is 64.7 Å². The molecule has 146 valence electrons. The minimum Gasteiger partial charge on any atom is -0.341 e. The lowest BCUT2D eigenvalue weighted by molar-refractivity contribution is -0.130. The van der Waals surface area contributed by atoms with Gasteiger partial charge in [0, 0.05) is 26.6 Å². The smallest absolute Gasteiger partial charge is 0.240 e. The Bertz CT molecular complexity index is 890. The second-order valence-electron chi connectivity index (χ2n) is 6.84. The minimum atomic E-state index is -3.62. The average molecular weight is 389 g/mol. The topological polar surface area (TPSA) is 66.5 Å². The molecule has 5 nitrogen and oxygen atoms in total. The highest BCUT2D eigenvalue weighted by Crippen LogP contribution is 2.16. The van der Waals surface area contributed by atoms with E-state index in [9.17, 15) is 13.2 Å². The monoisotopic (exact) mass is 388 g/mol. The fraction of sp³-hybridized carbons (Fsp3) is 0.381. The highest BCUT2D eigenvalue weighted by molar-refractivity contribution is 7.89. The molecule has 1 N–H and O–H groups in total. The van der Waals surface area contributed by atoms with Crippen molar-refractivity contribution in [1.29, 1.82) is 0 Å². The van der Waals surface area contributed by atoms with E-state index >= 15 is 0 Å². The molecule has 0 aliphatic rings. The molecule has 0 bridgehead atoms. The quantitative estimate of drug-likeness (QED) is 0.755. The van der Waals surface area contributed by atoms with Gasteiger partial charge >= 0.3 is 0 Å². The van der Waals surface area contributed by atoms with E-state index < -0.39 is 10.0 Å². The van der Waals surface area contributed by atoms with Crippen LogP contribution < -0.4 is 4.72 Å². The highest BCUT2D eigenvalue weighted by atomic mass is 32.2. The van der Waals surface area contributed by atoms with E-state index in [1.54, 1.807) is 31.0 Å². The van der Waals surface area contributed by atoms with E-state index in [2.05, 4.69) is 23.8 Å². The van der Waals surface area contributed by atoms with Crippen molar-refractivity contribution in [3.8, 4) is 0 Å². The molecule has 6 heteroatoms. The molecule has 0 heterocycles. The number of hydrogen-bond donors (Lipinski definition) is 1. The SMILES string of the molecule is CCc1ccc(CN(C)C(=O)CCNS(=O)(=O)c2ccc(C)cc2C)cc1. The van der Waals surface area contributed by atoms with Gasteiger partial charge in [-0.05, 0) is 43.0 Å². The first-order valence-corrected chi connectivity index (χ1v) is 10.6. The summed E-state index contributed by atoms with van der Waals surface area (Å²) in [5.41, 5.74) is 4.02. The Morgan fingerprint density at radius 3 is 2.26 bits per heavy atom. The van der Waals surface area contributed by atoms with Crippen LogP contribution in [0.2, 0.25) is 0 Å². The molecule has 2 aromatic rings. The van der Waals surface area contributed by atoms with Crippen molar-refractivity contribution in [2.45, 2.75) is 45.1 Å². The Balaban J connectivity index is 1.88. The van der Waals surface area contributed by atoms with E-state index in [-0.39, 0.29) is 23.8 Å². The van der Waals surface area contributed by atoms with Crippen LogP contribution in [0.1, 0.15) is 35.6 Å². The molecule has 1 amide bonds. The van der Waals surface area contributed by atoms with Gasteiger partial charge in [-0.3, -0.25) is 4.79 Å². The van der Waals surface area contributed by atoms with Crippen LogP contribution in [-0.2, 0) is 27.8 Å². The van der Waals surface area contributed by atoms with Gasteiger partial charge in [0.25, 0.3) is 0 Å². The van der Waals surface area contributed by atoms with Gasteiger partial charge in [0.2, 0.25) is 15.9 Å². The summed E-state index contributed by atoms with van der Waals surface area (Å²) in [5, 5.41) is 0. The first kappa shape index (κ1) is 21.1. The number of aryl methyl sites for hydroxylation is 3. The van der Waals surface area contributed by atoms with Crippen LogP contribution in [0.25, 0.3) is 0 Å². The molecule has 0 saturated heterocycles. The Hall–Kier alpha value is -2.18. The predicted molar refractivity (Wildman–Crippen MR) is 108 cm³/mol. The number of nitrogens with one attached hydrogen (secondary N) is 1. The molecule has 0 aromatic heterocycles. The van der Waals surface area contributed by atoms with Gasteiger partial charge in [0.15, 0.2) is 0 Å². The van der Waals surface area contributed by atoms with Crippen LogP contribution in [-0.4, -0.2) is 32.8 Å². The Kier molecular flexibility index (Phi) is 7.16. The van der Waals surface area contributed by atoms with E-state index in [0.29, 0.717) is 12.1 Å². The molecule has 0 fully saturated rings. The Labute approximate surface area is 162 Å². The molecule has 0 unspecified atom stereocenters. The van der Waals surface area contributed by atoms with Crippen LogP contribution in [0.15, 0.2) is 47.4 Å². The molecular weight excluding hydrogens is 360 g/mol. The van der Waals surface area contributed by atoms with Crippen LogP contribution in [0, 0.1) is 13.8 Å². The molecule has 2 aromatic carbocycles. The van der Waals surface area contributed by atoms with Crippen LogP contribution in [0.5, 0.6) is 0 Å². The van der Waals surface area contributed by atoms with Crippen molar-refractivity contribution in [3.63, 3.8) is 0 Å². The number of carbonyl (C=O) groups excluding carboxylic acids is 1. The van der Waals surface area contributed by atoms with Gasteiger partial charge < -0.3 is 4.90 Å². The molecule has 0 atom stereocenters. The van der Waals surface area contributed by atoms with Crippen molar-refractivity contribution >= 4 is 15.9 Å². The maximum Gasteiger partial charge on any atom is 0.240 e. The maximum atomic E-state index is 12.4. The molecule has 0 saturated carbocycles. The van der Waals surface area contributed by atoms with Crippen molar-refractivity contribution < 1.29 is 13.2 Å². The molecule has 2 rings (SSSR count). The lowest BCUT2D eigenvalue weighted by atomic mass is 10.1. The average Bonchev–Trinajstić information content (AvgIpc) is 2.61. The van der Waals surface area contributed by atoms with Crippen LogP contribution in [0.4, 0.5) is 0 Å². The first-order chi connectivity index (χ1) is 12.7. The third-order valence-electron chi connectivity index (χ3n) is 4.53. The molecule has 0 aliphatic heterocycles. The number of benzene rings is 2. The van der Waals surface area contributed by atoms with Gasteiger partial charge in [-0.25, -0.2) is 13.1 Å². The second kappa shape index (κ2) is 9.15. The second-order valence-corrected chi connectivity index (χ2v) is 8.57. The first-order valence-electron chi connectivity index (χ1n) is 9.11. The summed E-state index contributed by atoms with van der Waals surface area (Å²) in [7, 11) is -1.89. The molecular formula is C21H28N2O3S. The van der Waals surface area contributed by atoms with E-state index in [1.165, 1.54) is 5.56 Å². The molecule has 0 aliphatic carbocycles. The zero-order valence-corrected chi connectivity index (χ0v) is 17.3. The number of carbonyl (C=O) groups is 1. The van der Waals surface area contributed by atoms with E-state index in [1.807, 2.05) is 25.1 Å². The standard InChI is InChI=1S/C21H28N2O3S/c1-5-18-7-9-19(10-8-18)15-23(4)21(24)12-13-22-27(25,26)20-11-6-16(2)14-17(20)3/h6-11,14,22H,5,12-13,15H2,1-4H3. The van der Waals surface area contributed by atoms with Gasteiger partial charge in [0.1, 0.15) is 0 Å². The number of rotatable bonds is 8. The lowest BCUT2D eigenvalue weighted by Crippen LogP contribution is -2.32. The van der Waals surface area contributed by atoms with Gasteiger partial charge in [-0.1, -0.05) is 48.9 Å². The maximum absolute atomic E-state index is 12.4. The zero-order chi connectivity index (χ0) is 20.0. The van der Waals surface area contributed by atoms with E-state index in [4.69, 9.17) is 0 Å². The number of sulfonamides is 1. The van der Waals surface area contributed by atoms with Crippen LogP contribution in [0.3, 0.4) is 0 Å². The minimum absolute atomic E-state index is 0.0770. The van der Waals surface area contributed by atoms with Gasteiger partial charge in [-0.15, -0.1) is 0 Å². The summed E-state index contributed by atoms with van der Waals surface area (Å²) in [6, 6.07) is 13.4. The third-order valence-corrected chi connectivity index (χ3v) is 6.15. The predicted octanol–water partition coefficient (Wildman–Crippen LogP) is 3.19. The van der Waals surface area contributed by atoms with Gasteiger partial charge in [0.05, 0.1) is 4.90 Å². The number of amides is 1.